The molecule has 0 radical (unpaired) electrons. The van der Waals surface area contributed by atoms with E-state index >= 15 is 0 Å². The number of hydrogen-bond acceptors (Lipinski definition) is 3. The number of aliphatic hydroxyl groups is 1. The average Bonchev–Trinajstić information content (AvgIpc) is 2.49. The molecule has 0 rings (SSSR count). The third-order valence-corrected chi connectivity index (χ3v) is 4.35. The second-order valence-electron chi connectivity index (χ2n) is 6.56. The van der Waals surface area contributed by atoms with Crippen LogP contribution in [0, 0.1) is 12.8 Å². The van der Waals surface area contributed by atoms with Crippen LogP contribution in [-0.2, 0) is 4.79 Å². The van der Waals surface area contributed by atoms with E-state index in [0.29, 0.717) is 0 Å². The van der Waals surface area contributed by atoms with Crippen molar-refractivity contribution in [3.05, 3.63) is 6.92 Å². The van der Waals surface area contributed by atoms with E-state index in [1.165, 1.54) is 32.1 Å². The summed E-state index contributed by atoms with van der Waals surface area (Å²) in [7, 11) is 0. The van der Waals surface area contributed by atoms with Gasteiger partial charge in [-0.15, -0.1) is 5.92 Å². The molecular weight excluding hydrogens is 276 g/mol. The fourth-order valence-corrected chi connectivity index (χ4v) is 2.77. The smallest absolute Gasteiger partial charge is 0.0414 e. The van der Waals surface area contributed by atoms with Gasteiger partial charge in [-0.25, -0.2) is 0 Å². The minimum atomic E-state index is -0.948. The molecule has 0 heterocycles. The molecule has 0 bridgehead atoms. The van der Waals surface area contributed by atoms with Gasteiger partial charge in [0.1, 0.15) is 0 Å². The van der Waals surface area contributed by atoms with Gasteiger partial charge in [-0.2, -0.15) is 0 Å². The van der Waals surface area contributed by atoms with Crippen LogP contribution >= 0.6 is 0 Å². The van der Waals surface area contributed by atoms with Crippen LogP contribution in [0.1, 0.15) is 96.8 Å². The van der Waals surface area contributed by atoms with Gasteiger partial charge in [-0.1, -0.05) is 77.6 Å². The minimum absolute atomic E-state index is 0.138. The van der Waals surface area contributed by atoms with E-state index in [-0.39, 0.29) is 18.4 Å². The highest BCUT2D eigenvalue weighted by atomic mass is 16.4. The summed E-state index contributed by atoms with van der Waals surface area (Å²) in [5, 5.41) is 20.4. The molecule has 0 spiro atoms. The molecule has 0 aliphatic heterocycles. The van der Waals surface area contributed by atoms with Crippen molar-refractivity contribution in [3.8, 4) is 0 Å². The summed E-state index contributed by atoms with van der Waals surface area (Å²) in [4.78, 5) is 10.3. The number of hydrogen-bond donors (Lipinski definition) is 1. The third kappa shape index (κ3) is 14.4. The minimum Gasteiger partial charge on any atom is -0.550 e. The first-order chi connectivity index (χ1) is 10.6. The molecule has 1 N–H and O–H groups in total. The van der Waals surface area contributed by atoms with Gasteiger partial charge in [0.15, 0.2) is 0 Å². The fourth-order valence-electron chi connectivity index (χ4n) is 2.77. The van der Waals surface area contributed by atoms with Crippen molar-refractivity contribution in [1.29, 1.82) is 0 Å². The van der Waals surface area contributed by atoms with Gasteiger partial charge < -0.3 is 21.9 Å². The van der Waals surface area contributed by atoms with Crippen molar-refractivity contribution in [2.24, 2.45) is 5.92 Å². The standard InChI is InChI=1S/C19H37O3/c1-3-4-5-6-9-12-15-18(20)17(2)14-11-8-7-10-13-16-19(21)22/h17-18,20H,2-16H2,1H3,(H,21,22)/q-1/p-1. The normalized spacial score (nSPS) is 14.0. The maximum Gasteiger partial charge on any atom is 0.0414 e. The number of rotatable bonds is 16. The highest BCUT2D eigenvalue weighted by Crippen LogP contribution is 2.19. The Hall–Kier alpha value is -0.570. The van der Waals surface area contributed by atoms with Gasteiger partial charge in [0.2, 0.25) is 0 Å². The largest absolute Gasteiger partial charge is 0.550 e. The second-order valence-corrected chi connectivity index (χ2v) is 6.56. The Morgan fingerprint density at radius 1 is 0.909 bits per heavy atom. The fraction of sp³-hybridized carbons (Fsp3) is 0.895. The van der Waals surface area contributed by atoms with Crippen LogP contribution < -0.4 is 5.11 Å². The SMILES string of the molecule is [CH2-]C(CCCCCCCC(=O)[O-])C(O)CCCCCCCC. The lowest BCUT2D eigenvalue weighted by molar-refractivity contribution is -0.305. The van der Waals surface area contributed by atoms with Gasteiger partial charge in [0, 0.05) is 12.1 Å². The molecule has 2 atom stereocenters. The Morgan fingerprint density at radius 2 is 1.41 bits per heavy atom. The third-order valence-electron chi connectivity index (χ3n) is 4.35. The van der Waals surface area contributed by atoms with Gasteiger partial charge >= 0.3 is 0 Å². The monoisotopic (exact) mass is 312 g/mol. The second kappa shape index (κ2) is 15.3. The lowest BCUT2D eigenvalue weighted by Gasteiger charge is -2.24. The maximum absolute atomic E-state index is 10.3. The Bertz CT molecular complexity index is 253. The zero-order chi connectivity index (χ0) is 16.6. The first-order valence-electron chi connectivity index (χ1n) is 9.29. The van der Waals surface area contributed by atoms with Crippen LogP contribution in [0.25, 0.3) is 0 Å². The number of carboxylic acids is 1. The van der Waals surface area contributed by atoms with E-state index in [4.69, 9.17) is 0 Å². The molecule has 132 valence electrons. The summed E-state index contributed by atoms with van der Waals surface area (Å²) >= 11 is 0. The molecule has 0 saturated carbocycles. The molecule has 0 aromatic rings. The Balaban J connectivity index is 3.38. The number of unbranched alkanes of at least 4 members (excludes halogenated alkanes) is 9. The molecule has 0 amide bonds. The number of aliphatic hydroxyl groups excluding tert-OH is 1. The summed E-state index contributed by atoms with van der Waals surface area (Å²) in [5.74, 6) is -0.811. The van der Waals surface area contributed by atoms with E-state index in [9.17, 15) is 15.0 Å². The quantitative estimate of drug-likeness (QED) is 0.346. The topological polar surface area (TPSA) is 60.4 Å². The van der Waals surface area contributed by atoms with Crippen LogP contribution in [0.5, 0.6) is 0 Å². The highest BCUT2D eigenvalue weighted by molar-refractivity contribution is 5.63. The average molecular weight is 312 g/mol. The summed E-state index contributed by atoms with van der Waals surface area (Å²) < 4.78 is 0. The zero-order valence-electron chi connectivity index (χ0n) is 14.5. The van der Waals surface area contributed by atoms with Crippen molar-refractivity contribution in [2.45, 2.75) is 103 Å². The molecule has 0 aliphatic rings. The molecule has 22 heavy (non-hydrogen) atoms. The molecule has 0 aromatic carbocycles. The molecule has 0 aromatic heterocycles. The van der Waals surface area contributed by atoms with Crippen molar-refractivity contribution in [1.82, 2.24) is 0 Å². The number of aliphatic carboxylic acids is 1. The molecular formula is C19H36O3-2. The first-order valence-corrected chi connectivity index (χ1v) is 9.29. The van der Waals surface area contributed by atoms with Crippen LogP contribution in [0.2, 0.25) is 0 Å². The maximum atomic E-state index is 10.3. The van der Waals surface area contributed by atoms with Gasteiger partial charge in [-0.05, 0) is 19.3 Å². The van der Waals surface area contributed by atoms with E-state index in [0.717, 1.165) is 51.4 Å². The Kier molecular flexibility index (Phi) is 14.9. The number of carboxylic acid groups (broad SMARTS) is 1. The van der Waals surface area contributed by atoms with Crippen LogP contribution in [0.3, 0.4) is 0 Å². The first kappa shape index (κ1) is 21.4. The van der Waals surface area contributed by atoms with Crippen molar-refractivity contribution >= 4 is 5.97 Å². The molecule has 0 saturated heterocycles. The van der Waals surface area contributed by atoms with Crippen molar-refractivity contribution in [3.63, 3.8) is 0 Å². The van der Waals surface area contributed by atoms with Crippen molar-refractivity contribution < 1.29 is 15.0 Å². The summed E-state index contributed by atoms with van der Waals surface area (Å²) in [6.45, 7) is 6.31. The summed E-state index contributed by atoms with van der Waals surface area (Å²) in [6.07, 6.45) is 14.2. The molecule has 2 unspecified atom stereocenters. The molecule has 0 aliphatic carbocycles. The molecule has 3 nitrogen and oxygen atoms in total. The van der Waals surface area contributed by atoms with Crippen LogP contribution in [0.4, 0.5) is 0 Å². The van der Waals surface area contributed by atoms with Gasteiger partial charge in [-0.3, -0.25) is 0 Å². The van der Waals surface area contributed by atoms with E-state index < -0.39 is 5.97 Å². The van der Waals surface area contributed by atoms with Gasteiger partial charge in [0.05, 0.1) is 0 Å². The van der Waals surface area contributed by atoms with E-state index in [2.05, 4.69) is 13.8 Å². The number of carbonyl (C=O) groups is 1. The zero-order valence-corrected chi connectivity index (χ0v) is 14.5. The molecule has 3 heteroatoms. The van der Waals surface area contributed by atoms with E-state index in [1.807, 2.05) is 0 Å². The predicted molar refractivity (Wildman–Crippen MR) is 90.2 cm³/mol. The molecule has 0 fully saturated rings. The lowest BCUT2D eigenvalue weighted by Crippen LogP contribution is -2.21. The van der Waals surface area contributed by atoms with Crippen LogP contribution in [0.15, 0.2) is 0 Å². The lowest BCUT2D eigenvalue weighted by atomic mass is 9.93. The van der Waals surface area contributed by atoms with E-state index in [1.54, 1.807) is 0 Å². The van der Waals surface area contributed by atoms with Gasteiger partial charge in [0.25, 0.3) is 0 Å². The van der Waals surface area contributed by atoms with Crippen LogP contribution in [-0.4, -0.2) is 17.2 Å². The predicted octanol–water partition coefficient (Wildman–Crippen LogP) is 4.03. The summed E-state index contributed by atoms with van der Waals surface area (Å²) in [5.41, 5.74) is 0. The Morgan fingerprint density at radius 3 is 2.00 bits per heavy atom. The summed E-state index contributed by atoms with van der Waals surface area (Å²) in [6, 6.07) is 0. The van der Waals surface area contributed by atoms with Crippen molar-refractivity contribution in [2.75, 3.05) is 0 Å². The number of carbonyl (C=O) groups excluding carboxylic acids is 1. The Labute approximate surface area is 137 Å². The highest BCUT2D eigenvalue weighted by Gasteiger charge is 2.08.